The zero-order chi connectivity index (χ0) is 12.7. The van der Waals surface area contributed by atoms with Crippen molar-refractivity contribution < 1.29 is 14.3 Å². The number of hydrogen-bond donors (Lipinski definition) is 1. The van der Waals surface area contributed by atoms with Crippen molar-refractivity contribution in [1.29, 1.82) is 0 Å². The fraction of sp³-hybridized carbons (Fsp3) is 0.385. The molecule has 0 spiro atoms. The average molecular weight is 266 g/mol. The number of hydrogen-bond acceptors (Lipinski definition) is 3. The van der Waals surface area contributed by atoms with Crippen LogP contribution in [0, 0.1) is 5.92 Å². The third-order valence-electron chi connectivity index (χ3n) is 3.38. The molecule has 1 aromatic rings. The molecule has 0 radical (unpaired) electrons. The van der Waals surface area contributed by atoms with Crippen molar-refractivity contribution in [3.63, 3.8) is 0 Å². The normalized spacial score (nSPS) is 21.8. The Morgan fingerprint density at radius 3 is 3.00 bits per heavy atom. The predicted molar refractivity (Wildman–Crippen MR) is 67.0 cm³/mol. The van der Waals surface area contributed by atoms with E-state index in [0.717, 1.165) is 12.0 Å². The van der Waals surface area contributed by atoms with Gasteiger partial charge in [0.25, 0.3) is 0 Å². The van der Waals surface area contributed by atoms with Gasteiger partial charge in [0.1, 0.15) is 0 Å². The minimum Gasteiger partial charge on any atom is -0.381 e. The Morgan fingerprint density at radius 2 is 2.28 bits per heavy atom. The molecule has 2 aliphatic heterocycles. The second-order valence-electron chi connectivity index (χ2n) is 4.64. The Labute approximate surface area is 109 Å². The summed E-state index contributed by atoms with van der Waals surface area (Å²) in [5, 5.41) is 3.11. The highest BCUT2D eigenvalue weighted by molar-refractivity contribution is 6.34. The molecule has 1 amide bonds. The topological polar surface area (TPSA) is 55.4 Å². The number of carbonyl (C=O) groups is 2. The number of Topliss-reactive ketones (excluding diaryl/α,β-unsaturated/α-hetero) is 1. The number of benzene rings is 1. The maximum Gasteiger partial charge on any atom is 0.228 e. The quantitative estimate of drug-likeness (QED) is 0.833. The number of fused-ring (bicyclic) bond motifs is 1. The summed E-state index contributed by atoms with van der Waals surface area (Å²) in [6.07, 6.45) is 1.05. The van der Waals surface area contributed by atoms with Crippen LogP contribution in [0.1, 0.15) is 22.3 Å². The van der Waals surface area contributed by atoms with Gasteiger partial charge in [-0.25, -0.2) is 0 Å². The zero-order valence-electron chi connectivity index (χ0n) is 9.66. The van der Waals surface area contributed by atoms with E-state index in [1.54, 1.807) is 12.1 Å². The van der Waals surface area contributed by atoms with E-state index >= 15 is 0 Å². The lowest BCUT2D eigenvalue weighted by atomic mass is 9.95. The molecule has 0 bridgehead atoms. The second kappa shape index (κ2) is 4.37. The fourth-order valence-corrected chi connectivity index (χ4v) is 2.65. The van der Waals surface area contributed by atoms with Crippen molar-refractivity contribution in [2.24, 2.45) is 5.92 Å². The van der Waals surface area contributed by atoms with E-state index in [-0.39, 0.29) is 17.6 Å². The number of nitrogens with one attached hydrogen (secondary N) is 1. The predicted octanol–water partition coefficient (Wildman–Crippen LogP) is 2.05. The van der Waals surface area contributed by atoms with Gasteiger partial charge in [-0.05, 0) is 24.1 Å². The van der Waals surface area contributed by atoms with Crippen molar-refractivity contribution in [2.45, 2.75) is 12.8 Å². The molecule has 2 heterocycles. The number of carbonyl (C=O) groups excluding carboxylic acids is 2. The molecule has 1 N–H and O–H groups in total. The van der Waals surface area contributed by atoms with Crippen LogP contribution in [0.15, 0.2) is 12.1 Å². The van der Waals surface area contributed by atoms with Crippen LogP contribution in [0.4, 0.5) is 5.69 Å². The van der Waals surface area contributed by atoms with Crippen molar-refractivity contribution in [3.8, 4) is 0 Å². The lowest BCUT2D eigenvalue weighted by molar-refractivity contribution is -0.115. The summed E-state index contributed by atoms with van der Waals surface area (Å²) < 4.78 is 5.22. The van der Waals surface area contributed by atoms with E-state index in [1.165, 1.54) is 0 Å². The monoisotopic (exact) mass is 265 g/mol. The first kappa shape index (κ1) is 11.7. The van der Waals surface area contributed by atoms with Gasteiger partial charge in [-0.2, -0.15) is 0 Å². The zero-order valence-corrected chi connectivity index (χ0v) is 10.4. The molecule has 94 valence electrons. The summed E-state index contributed by atoms with van der Waals surface area (Å²) in [6.45, 7) is 1.09. The average Bonchev–Trinajstić information content (AvgIpc) is 2.94. The summed E-state index contributed by atoms with van der Waals surface area (Å²) in [6, 6.07) is 3.39. The second-order valence-corrected chi connectivity index (χ2v) is 5.05. The Bertz CT molecular complexity index is 535. The first-order valence-electron chi connectivity index (χ1n) is 5.89. The van der Waals surface area contributed by atoms with Crippen molar-refractivity contribution >= 4 is 29.0 Å². The number of halogens is 1. The smallest absolute Gasteiger partial charge is 0.228 e. The molecular weight excluding hydrogens is 254 g/mol. The van der Waals surface area contributed by atoms with Gasteiger partial charge < -0.3 is 10.1 Å². The lowest BCUT2D eigenvalue weighted by Gasteiger charge is -2.10. The summed E-state index contributed by atoms with van der Waals surface area (Å²) in [5.74, 6) is -0.153. The van der Waals surface area contributed by atoms with E-state index in [4.69, 9.17) is 16.3 Å². The summed E-state index contributed by atoms with van der Waals surface area (Å²) in [5.41, 5.74) is 2.05. The molecule has 2 aliphatic rings. The van der Waals surface area contributed by atoms with Crippen LogP contribution >= 0.6 is 11.6 Å². The van der Waals surface area contributed by atoms with Crippen LogP contribution in [-0.2, 0) is 16.0 Å². The van der Waals surface area contributed by atoms with E-state index in [0.29, 0.717) is 35.9 Å². The van der Waals surface area contributed by atoms with Crippen LogP contribution in [0.3, 0.4) is 0 Å². The molecule has 3 rings (SSSR count). The maximum absolute atomic E-state index is 12.3. The highest BCUT2D eigenvalue weighted by Crippen LogP contribution is 2.32. The molecule has 0 saturated carbocycles. The molecule has 0 aliphatic carbocycles. The molecule has 0 aromatic heterocycles. The van der Waals surface area contributed by atoms with E-state index in [9.17, 15) is 9.59 Å². The van der Waals surface area contributed by atoms with Gasteiger partial charge in [-0.1, -0.05) is 11.6 Å². The molecule has 1 unspecified atom stereocenters. The standard InChI is InChI=1S/C13H12ClNO3/c14-10-5-11-8(4-12(16)15-11)3-9(10)13(17)7-1-2-18-6-7/h3,5,7H,1-2,4,6H2,(H,15,16). The molecule has 4 nitrogen and oxygen atoms in total. The van der Waals surface area contributed by atoms with Gasteiger partial charge in [0.05, 0.1) is 18.1 Å². The molecule has 1 atom stereocenters. The van der Waals surface area contributed by atoms with Crippen LogP contribution in [-0.4, -0.2) is 24.9 Å². The molecule has 1 fully saturated rings. The van der Waals surface area contributed by atoms with Gasteiger partial charge in [0.15, 0.2) is 5.78 Å². The van der Waals surface area contributed by atoms with Crippen LogP contribution in [0.25, 0.3) is 0 Å². The van der Waals surface area contributed by atoms with Crippen LogP contribution in [0.2, 0.25) is 5.02 Å². The number of ether oxygens (including phenoxy) is 1. The minimum atomic E-state index is -0.106. The number of ketones is 1. The van der Waals surface area contributed by atoms with E-state index in [2.05, 4.69) is 5.32 Å². The number of amides is 1. The summed E-state index contributed by atoms with van der Waals surface area (Å²) >= 11 is 6.12. The van der Waals surface area contributed by atoms with Crippen molar-refractivity contribution in [1.82, 2.24) is 0 Å². The Morgan fingerprint density at radius 1 is 1.44 bits per heavy atom. The van der Waals surface area contributed by atoms with Gasteiger partial charge in [-0.3, -0.25) is 9.59 Å². The first-order valence-corrected chi connectivity index (χ1v) is 6.27. The SMILES string of the molecule is O=C1Cc2cc(C(=O)C3CCOC3)c(Cl)cc2N1. The molecule has 1 saturated heterocycles. The Hall–Kier alpha value is -1.39. The van der Waals surface area contributed by atoms with Gasteiger partial charge in [0.2, 0.25) is 5.91 Å². The number of rotatable bonds is 2. The van der Waals surface area contributed by atoms with Gasteiger partial charge >= 0.3 is 0 Å². The molecule has 1 aromatic carbocycles. The third kappa shape index (κ3) is 1.91. The van der Waals surface area contributed by atoms with Crippen molar-refractivity contribution in [3.05, 3.63) is 28.3 Å². The maximum atomic E-state index is 12.3. The van der Waals surface area contributed by atoms with Crippen molar-refractivity contribution in [2.75, 3.05) is 18.5 Å². The largest absolute Gasteiger partial charge is 0.381 e. The third-order valence-corrected chi connectivity index (χ3v) is 3.70. The van der Waals surface area contributed by atoms with Gasteiger partial charge in [-0.15, -0.1) is 0 Å². The van der Waals surface area contributed by atoms with Crippen LogP contribution < -0.4 is 5.32 Å². The Kier molecular flexibility index (Phi) is 2.84. The molecule has 18 heavy (non-hydrogen) atoms. The molecular formula is C13H12ClNO3. The molecule has 5 heteroatoms. The highest BCUT2D eigenvalue weighted by atomic mass is 35.5. The van der Waals surface area contributed by atoms with E-state index < -0.39 is 0 Å². The highest BCUT2D eigenvalue weighted by Gasteiger charge is 2.28. The summed E-state index contributed by atoms with van der Waals surface area (Å²) in [7, 11) is 0. The van der Waals surface area contributed by atoms with Crippen LogP contribution in [0.5, 0.6) is 0 Å². The first-order chi connectivity index (χ1) is 8.65. The van der Waals surface area contributed by atoms with E-state index in [1.807, 2.05) is 0 Å². The van der Waals surface area contributed by atoms with Gasteiger partial charge in [0, 0.05) is 23.8 Å². The Balaban J connectivity index is 1.95. The summed E-state index contributed by atoms with van der Waals surface area (Å²) in [4.78, 5) is 23.6. The minimum absolute atomic E-state index is 0.0136. The number of anilines is 1. The fourth-order valence-electron chi connectivity index (χ4n) is 2.40. The lowest BCUT2D eigenvalue weighted by Crippen LogP contribution is -2.15.